The van der Waals surface area contributed by atoms with Crippen molar-refractivity contribution in [3.05, 3.63) is 42.6 Å². The summed E-state index contributed by atoms with van der Waals surface area (Å²) in [6, 6.07) is 5.84. The van der Waals surface area contributed by atoms with Gasteiger partial charge in [0.05, 0.1) is 11.9 Å². The number of nitrogens with one attached hydrogen (secondary N) is 1. The molecule has 1 unspecified atom stereocenters. The molecule has 1 N–H and O–H groups in total. The lowest BCUT2D eigenvalue weighted by molar-refractivity contribution is 0.617. The topological polar surface area (TPSA) is 66.5 Å². The van der Waals surface area contributed by atoms with Gasteiger partial charge in [0.2, 0.25) is 0 Å². The Balaban J connectivity index is 1.94. The highest BCUT2D eigenvalue weighted by molar-refractivity contribution is 5.39. The Morgan fingerprint density at radius 3 is 3.00 bits per heavy atom. The molecule has 0 aromatic carbocycles. The molecular formula is C12H13N5. The van der Waals surface area contributed by atoms with E-state index >= 15 is 0 Å². The van der Waals surface area contributed by atoms with Gasteiger partial charge in [-0.1, -0.05) is 0 Å². The summed E-state index contributed by atoms with van der Waals surface area (Å²) in [5.41, 5.74) is 0.567. The lowest BCUT2D eigenvalue weighted by Crippen LogP contribution is -2.21. The summed E-state index contributed by atoms with van der Waals surface area (Å²) in [6.45, 7) is 2.89. The molecule has 2 aromatic heterocycles. The first-order valence-corrected chi connectivity index (χ1v) is 5.36. The highest BCUT2D eigenvalue weighted by atomic mass is 15.1. The largest absolute Gasteiger partial charge is 0.366 e. The zero-order valence-corrected chi connectivity index (χ0v) is 9.54. The molecule has 2 aromatic rings. The van der Waals surface area contributed by atoms with Gasteiger partial charge in [0.15, 0.2) is 0 Å². The first kappa shape index (κ1) is 11.1. The Kier molecular flexibility index (Phi) is 3.36. The van der Waals surface area contributed by atoms with Gasteiger partial charge in [-0.25, -0.2) is 9.97 Å². The van der Waals surface area contributed by atoms with Crippen molar-refractivity contribution in [1.82, 2.24) is 14.5 Å². The second kappa shape index (κ2) is 5.12. The van der Waals surface area contributed by atoms with Gasteiger partial charge in [-0.15, -0.1) is 0 Å². The van der Waals surface area contributed by atoms with Gasteiger partial charge < -0.3 is 9.88 Å². The monoisotopic (exact) mass is 227 g/mol. The maximum atomic E-state index is 8.66. The molecule has 2 heterocycles. The van der Waals surface area contributed by atoms with Gasteiger partial charge >= 0.3 is 0 Å². The SMILES string of the molecule is CC(Cn1ccnc1)Nc1ccc(C#N)cn1. The van der Waals surface area contributed by atoms with Crippen molar-refractivity contribution < 1.29 is 0 Å². The summed E-state index contributed by atoms with van der Waals surface area (Å²) in [7, 11) is 0. The molecule has 17 heavy (non-hydrogen) atoms. The van der Waals surface area contributed by atoms with E-state index in [9.17, 15) is 0 Å². The van der Waals surface area contributed by atoms with Gasteiger partial charge in [-0.05, 0) is 19.1 Å². The molecule has 0 spiro atoms. The molecule has 0 saturated heterocycles. The Hall–Kier alpha value is -2.35. The standard InChI is InChI=1S/C12H13N5/c1-10(8-17-5-4-14-9-17)16-12-3-2-11(6-13)7-15-12/h2-5,7,9-10H,8H2,1H3,(H,15,16). The van der Waals surface area contributed by atoms with E-state index in [-0.39, 0.29) is 6.04 Å². The highest BCUT2D eigenvalue weighted by Gasteiger charge is 2.03. The molecule has 0 aliphatic carbocycles. The van der Waals surface area contributed by atoms with E-state index in [4.69, 9.17) is 5.26 Å². The molecule has 0 aliphatic heterocycles. The second-order valence-corrected chi connectivity index (χ2v) is 3.85. The van der Waals surface area contributed by atoms with Crippen molar-refractivity contribution in [1.29, 1.82) is 5.26 Å². The maximum Gasteiger partial charge on any atom is 0.126 e. The third-order valence-corrected chi connectivity index (χ3v) is 2.33. The van der Waals surface area contributed by atoms with Crippen LogP contribution >= 0.6 is 0 Å². The maximum absolute atomic E-state index is 8.66. The van der Waals surface area contributed by atoms with Crippen molar-refractivity contribution in [2.45, 2.75) is 19.5 Å². The zero-order valence-electron chi connectivity index (χ0n) is 9.54. The average molecular weight is 227 g/mol. The van der Waals surface area contributed by atoms with Crippen LogP contribution in [0.3, 0.4) is 0 Å². The molecule has 1 atom stereocenters. The van der Waals surface area contributed by atoms with Crippen LogP contribution in [-0.4, -0.2) is 20.6 Å². The molecule has 0 amide bonds. The number of pyridine rings is 1. The van der Waals surface area contributed by atoms with Crippen molar-refractivity contribution >= 4 is 5.82 Å². The van der Waals surface area contributed by atoms with E-state index in [2.05, 4.69) is 22.2 Å². The molecule has 0 bridgehead atoms. The molecular weight excluding hydrogens is 214 g/mol. The lowest BCUT2D eigenvalue weighted by Gasteiger charge is -2.14. The minimum atomic E-state index is 0.240. The van der Waals surface area contributed by atoms with E-state index in [1.54, 1.807) is 24.8 Å². The van der Waals surface area contributed by atoms with Crippen LogP contribution in [-0.2, 0) is 6.54 Å². The van der Waals surface area contributed by atoms with Crippen molar-refractivity contribution in [2.75, 3.05) is 5.32 Å². The van der Waals surface area contributed by atoms with Crippen LogP contribution in [0.25, 0.3) is 0 Å². The summed E-state index contributed by atoms with van der Waals surface area (Å²) in [6.07, 6.45) is 7.02. The quantitative estimate of drug-likeness (QED) is 0.862. The summed E-state index contributed by atoms with van der Waals surface area (Å²) < 4.78 is 2.00. The van der Waals surface area contributed by atoms with Gasteiger partial charge in [-0.2, -0.15) is 5.26 Å². The van der Waals surface area contributed by atoms with Gasteiger partial charge in [0.25, 0.3) is 0 Å². The predicted molar refractivity (Wildman–Crippen MR) is 64.3 cm³/mol. The first-order chi connectivity index (χ1) is 8.28. The fraction of sp³-hybridized carbons (Fsp3) is 0.250. The summed E-state index contributed by atoms with van der Waals surface area (Å²) in [5, 5.41) is 11.9. The lowest BCUT2D eigenvalue weighted by atomic mass is 10.3. The fourth-order valence-corrected chi connectivity index (χ4v) is 1.55. The number of hydrogen-bond acceptors (Lipinski definition) is 4. The Morgan fingerprint density at radius 2 is 2.41 bits per heavy atom. The number of imidazole rings is 1. The Bertz CT molecular complexity index is 495. The van der Waals surface area contributed by atoms with E-state index < -0.39 is 0 Å². The second-order valence-electron chi connectivity index (χ2n) is 3.85. The Morgan fingerprint density at radius 1 is 1.53 bits per heavy atom. The van der Waals surface area contributed by atoms with Crippen LogP contribution in [0.2, 0.25) is 0 Å². The highest BCUT2D eigenvalue weighted by Crippen LogP contribution is 2.06. The van der Waals surface area contributed by atoms with Crippen molar-refractivity contribution in [2.24, 2.45) is 0 Å². The third kappa shape index (κ3) is 3.05. The normalized spacial score (nSPS) is 11.8. The summed E-state index contributed by atoms with van der Waals surface area (Å²) in [4.78, 5) is 8.15. The summed E-state index contributed by atoms with van der Waals surface area (Å²) in [5.74, 6) is 0.775. The van der Waals surface area contributed by atoms with Crippen LogP contribution < -0.4 is 5.32 Å². The van der Waals surface area contributed by atoms with Crippen molar-refractivity contribution in [3.63, 3.8) is 0 Å². The van der Waals surface area contributed by atoms with Crippen LogP contribution in [0.5, 0.6) is 0 Å². The van der Waals surface area contributed by atoms with Gasteiger partial charge in [-0.3, -0.25) is 0 Å². The number of nitrogens with zero attached hydrogens (tertiary/aromatic N) is 4. The molecule has 5 nitrogen and oxygen atoms in total. The van der Waals surface area contributed by atoms with Crippen LogP contribution in [0.4, 0.5) is 5.82 Å². The minimum absolute atomic E-state index is 0.240. The molecule has 5 heteroatoms. The number of nitriles is 1. The van der Waals surface area contributed by atoms with Gasteiger partial charge in [0.1, 0.15) is 11.9 Å². The van der Waals surface area contributed by atoms with Crippen molar-refractivity contribution in [3.8, 4) is 6.07 Å². The van der Waals surface area contributed by atoms with E-state index in [1.807, 2.05) is 22.9 Å². The predicted octanol–water partition coefficient (Wildman–Crippen LogP) is 1.65. The number of anilines is 1. The number of rotatable bonds is 4. The fourth-order valence-electron chi connectivity index (χ4n) is 1.55. The molecule has 2 rings (SSSR count). The van der Waals surface area contributed by atoms with Crippen LogP contribution in [0.1, 0.15) is 12.5 Å². The van der Waals surface area contributed by atoms with Crippen LogP contribution in [0, 0.1) is 11.3 Å². The first-order valence-electron chi connectivity index (χ1n) is 5.36. The molecule has 0 aliphatic rings. The smallest absolute Gasteiger partial charge is 0.126 e. The van der Waals surface area contributed by atoms with E-state index in [1.165, 1.54) is 0 Å². The molecule has 0 radical (unpaired) electrons. The minimum Gasteiger partial charge on any atom is -0.366 e. The number of hydrogen-bond donors (Lipinski definition) is 1. The molecule has 86 valence electrons. The molecule has 0 fully saturated rings. The Labute approximate surface area is 99.7 Å². The zero-order chi connectivity index (χ0) is 12.1. The average Bonchev–Trinajstić information content (AvgIpc) is 2.82. The van der Waals surface area contributed by atoms with Crippen LogP contribution in [0.15, 0.2) is 37.1 Å². The molecule has 0 saturated carbocycles. The van der Waals surface area contributed by atoms with E-state index in [0.29, 0.717) is 5.56 Å². The third-order valence-electron chi connectivity index (χ3n) is 2.33. The summed E-state index contributed by atoms with van der Waals surface area (Å²) >= 11 is 0. The number of aromatic nitrogens is 3. The van der Waals surface area contributed by atoms with Gasteiger partial charge in [0, 0.05) is 31.2 Å². The van der Waals surface area contributed by atoms with E-state index in [0.717, 1.165) is 12.4 Å².